The molecule has 3 nitrogen and oxygen atoms in total. The number of hydrogen-bond donors (Lipinski definition) is 0. The molecule has 1 aromatic heterocycles. The molecular formula is C19H18BrNO2. The molecule has 0 saturated carbocycles. The molecule has 1 heterocycles. The maximum atomic E-state index is 5.83. The predicted molar refractivity (Wildman–Crippen MR) is 95.5 cm³/mol. The second kappa shape index (κ2) is 6.20. The number of hydrogen-bond acceptors (Lipinski definition) is 3. The van der Waals surface area contributed by atoms with Gasteiger partial charge in [0.1, 0.15) is 17.0 Å². The van der Waals surface area contributed by atoms with Crippen molar-refractivity contribution in [3.8, 4) is 28.3 Å². The van der Waals surface area contributed by atoms with E-state index in [-0.39, 0.29) is 5.60 Å². The van der Waals surface area contributed by atoms with Gasteiger partial charge in [0.05, 0.1) is 0 Å². The quantitative estimate of drug-likeness (QED) is 0.570. The fraction of sp³-hybridized carbons (Fsp3) is 0.211. The normalized spacial score (nSPS) is 11.5. The summed E-state index contributed by atoms with van der Waals surface area (Å²) in [6, 6.07) is 17.8. The van der Waals surface area contributed by atoms with E-state index in [0.29, 0.717) is 0 Å². The molecule has 0 aliphatic rings. The smallest absolute Gasteiger partial charge is 0.167 e. The number of aromatic nitrogens is 1. The predicted octanol–water partition coefficient (Wildman–Crippen LogP) is 5.95. The van der Waals surface area contributed by atoms with Crippen molar-refractivity contribution in [2.45, 2.75) is 26.4 Å². The average molecular weight is 372 g/mol. The summed E-state index contributed by atoms with van der Waals surface area (Å²) in [5.41, 5.74) is 2.61. The SMILES string of the molecule is CC(C)(C)Oc1ccc(-c2cc(-c3ccc(Br)cc3)no2)cc1. The lowest BCUT2D eigenvalue weighted by Crippen LogP contribution is -2.22. The molecule has 0 fully saturated rings. The highest BCUT2D eigenvalue weighted by molar-refractivity contribution is 9.10. The molecule has 0 bridgehead atoms. The van der Waals surface area contributed by atoms with Crippen LogP contribution in [-0.4, -0.2) is 10.8 Å². The summed E-state index contributed by atoms with van der Waals surface area (Å²) in [6.45, 7) is 6.09. The topological polar surface area (TPSA) is 35.3 Å². The molecule has 23 heavy (non-hydrogen) atoms. The highest BCUT2D eigenvalue weighted by Crippen LogP contribution is 2.28. The van der Waals surface area contributed by atoms with Gasteiger partial charge in [0.15, 0.2) is 5.76 Å². The van der Waals surface area contributed by atoms with E-state index in [2.05, 4.69) is 21.1 Å². The second-order valence-corrected chi connectivity index (χ2v) is 7.24. The molecule has 3 aromatic rings. The molecule has 0 atom stereocenters. The Labute approximate surface area is 144 Å². The summed E-state index contributed by atoms with van der Waals surface area (Å²) in [6.07, 6.45) is 0. The zero-order valence-corrected chi connectivity index (χ0v) is 14.9. The average Bonchev–Trinajstić information content (AvgIpc) is 2.97. The van der Waals surface area contributed by atoms with Crippen molar-refractivity contribution in [2.75, 3.05) is 0 Å². The van der Waals surface area contributed by atoms with Gasteiger partial charge in [-0.2, -0.15) is 0 Å². The van der Waals surface area contributed by atoms with Crippen molar-refractivity contribution in [3.63, 3.8) is 0 Å². The molecule has 0 unspecified atom stereocenters. The fourth-order valence-corrected chi connectivity index (χ4v) is 2.47. The van der Waals surface area contributed by atoms with E-state index in [1.54, 1.807) is 0 Å². The van der Waals surface area contributed by atoms with Crippen LogP contribution < -0.4 is 4.74 Å². The van der Waals surface area contributed by atoms with Gasteiger partial charge in [-0.15, -0.1) is 0 Å². The Bertz CT molecular complexity index is 783. The molecule has 0 aliphatic heterocycles. The monoisotopic (exact) mass is 371 g/mol. The first-order chi connectivity index (χ1) is 10.9. The maximum Gasteiger partial charge on any atom is 0.167 e. The zero-order valence-electron chi connectivity index (χ0n) is 13.3. The van der Waals surface area contributed by atoms with E-state index in [0.717, 1.165) is 32.8 Å². The van der Waals surface area contributed by atoms with E-state index in [9.17, 15) is 0 Å². The van der Waals surface area contributed by atoms with E-state index in [1.165, 1.54) is 0 Å². The largest absolute Gasteiger partial charge is 0.488 e. The van der Waals surface area contributed by atoms with Crippen LogP contribution in [0.15, 0.2) is 63.6 Å². The molecule has 118 valence electrons. The van der Waals surface area contributed by atoms with Gasteiger partial charge < -0.3 is 9.26 Å². The van der Waals surface area contributed by atoms with Gasteiger partial charge in [-0.3, -0.25) is 0 Å². The van der Waals surface area contributed by atoms with Crippen LogP contribution in [0.3, 0.4) is 0 Å². The number of rotatable bonds is 3. The van der Waals surface area contributed by atoms with Crippen molar-refractivity contribution in [3.05, 3.63) is 59.1 Å². The molecule has 3 rings (SSSR count). The minimum atomic E-state index is -0.206. The Morgan fingerprint density at radius 3 is 2.13 bits per heavy atom. The third-order valence-corrected chi connectivity index (χ3v) is 3.74. The molecule has 0 saturated heterocycles. The molecular weight excluding hydrogens is 354 g/mol. The molecule has 0 aliphatic carbocycles. The molecule has 0 amide bonds. The van der Waals surface area contributed by atoms with Gasteiger partial charge in [0, 0.05) is 21.7 Å². The van der Waals surface area contributed by atoms with E-state index in [4.69, 9.17) is 9.26 Å². The van der Waals surface area contributed by atoms with Crippen LogP contribution in [0.5, 0.6) is 5.75 Å². The van der Waals surface area contributed by atoms with Crippen LogP contribution in [0, 0.1) is 0 Å². The van der Waals surface area contributed by atoms with Crippen LogP contribution >= 0.6 is 15.9 Å². The van der Waals surface area contributed by atoms with Gasteiger partial charge in [-0.05, 0) is 57.2 Å². The van der Waals surface area contributed by atoms with Crippen LogP contribution in [0.4, 0.5) is 0 Å². The van der Waals surface area contributed by atoms with E-state index in [1.807, 2.05) is 75.4 Å². The second-order valence-electron chi connectivity index (χ2n) is 6.32. The van der Waals surface area contributed by atoms with Crippen molar-refractivity contribution in [1.82, 2.24) is 5.16 Å². The molecule has 0 N–H and O–H groups in total. The minimum Gasteiger partial charge on any atom is -0.488 e. The Morgan fingerprint density at radius 1 is 0.913 bits per heavy atom. The summed E-state index contributed by atoms with van der Waals surface area (Å²) in [5, 5.41) is 4.15. The van der Waals surface area contributed by atoms with Crippen molar-refractivity contribution >= 4 is 15.9 Å². The van der Waals surface area contributed by atoms with Crippen molar-refractivity contribution in [2.24, 2.45) is 0 Å². The highest BCUT2D eigenvalue weighted by atomic mass is 79.9. The minimum absolute atomic E-state index is 0.206. The molecule has 0 radical (unpaired) electrons. The van der Waals surface area contributed by atoms with Crippen LogP contribution in [-0.2, 0) is 0 Å². The first-order valence-corrected chi connectivity index (χ1v) is 8.22. The molecule has 2 aromatic carbocycles. The maximum absolute atomic E-state index is 5.83. The van der Waals surface area contributed by atoms with Gasteiger partial charge >= 0.3 is 0 Å². The first kappa shape index (κ1) is 15.8. The summed E-state index contributed by atoms with van der Waals surface area (Å²) in [5.74, 6) is 1.58. The highest BCUT2D eigenvalue weighted by Gasteiger charge is 2.13. The Balaban J connectivity index is 1.81. The number of ether oxygens (including phenoxy) is 1. The van der Waals surface area contributed by atoms with Crippen molar-refractivity contribution in [1.29, 1.82) is 0 Å². The van der Waals surface area contributed by atoms with Gasteiger partial charge in [0.25, 0.3) is 0 Å². The third-order valence-electron chi connectivity index (χ3n) is 3.21. The van der Waals surface area contributed by atoms with Crippen LogP contribution in [0.25, 0.3) is 22.6 Å². The lowest BCUT2D eigenvalue weighted by atomic mass is 10.1. The van der Waals surface area contributed by atoms with Crippen molar-refractivity contribution < 1.29 is 9.26 Å². The number of nitrogens with zero attached hydrogens (tertiary/aromatic N) is 1. The summed E-state index contributed by atoms with van der Waals surface area (Å²) >= 11 is 3.43. The Kier molecular flexibility index (Phi) is 4.26. The first-order valence-electron chi connectivity index (χ1n) is 7.43. The molecule has 4 heteroatoms. The molecule has 0 spiro atoms. The van der Waals surface area contributed by atoms with E-state index < -0.39 is 0 Å². The summed E-state index contributed by atoms with van der Waals surface area (Å²) in [4.78, 5) is 0. The number of halogens is 1. The zero-order chi connectivity index (χ0) is 16.4. The number of benzene rings is 2. The van der Waals surface area contributed by atoms with Gasteiger partial charge in [-0.25, -0.2) is 0 Å². The summed E-state index contributed by atoms with van der Waals surface area (Å²) in [7, 11) is 0. The lowest BCUT2D eigenvalue weighted by molar-refractivity contribution is 0.131. The Hall–Kier alpha value is -2.07. The van der Waals surface area contributed by atoms with Crippen LogP contribution in [0.2, 0.25) is 0 Å². The third kappa shape index (κ3) is 4.02. The van der Waals surface area contributed by atoms with Gasteiger partial charge in [-0.1, -0.05) is 33.2 Å². The Morgan fingerprint density at radius 2 is 1.52 bits per heavy atom. The fourth-order valence-electron chi connectivity index (χ4n) is 2.21. The summed E-state index contributed by atoms with van der Waals surface area (Å²) < 4.78 is 12.3. The van der Waals surface area contributed by atoms with Crippen LogP contribution in [0.1, 0.15) is 20.8 Å². The van der Waals surface area contributed by atoms with E-state index >= 15 is 0 Å². The van der Waals surface area contributed by atoms with Gasteiger partial charge in [0.2, 0.25) is 0 Å². The standard InChI is InChI=1S/C19H18BrNO2/c1-19(2,3)22-16-10-6-14(7-11-16)18-12-17(21-23-18)13-4-8-15(20)9-5-13/h4-12H,1-3H3. The lowest BCUT2D eigenvalue weighted by Gasteiger charge is -2.21.